The number of hydrogen-bond donors (Lipinski definition) is 1. The van der Waals surface area contributed by atoms with Crippen molar-refractivity contribution in [2.45, 2.75) is 59.3 Å². The van der Waals surface area contributed by atoms with Crippen LogP contribution in [0.25, 0.3) is 0 Å². The highest BCUT2D eigenvalue weighted by Gasteiger charge is 2.27. The number of nitrogens with zero attached hydrogens (tertiary/aromatic N) is 1. The molecule has 0 saturated carbocycles. The van der Waals surface area contributed by atoms with E-state index in [9.17, 15) is 9.90 Å². The maximum absolute atomic E-state index is 11.8. The van der Waals surface area contributed by atoms with Gasteiger partial charge in [-0.05, 0) is 29.9 Å². The van der Waals surface area contributed by atoms with Crippen LogP contribution in [0.5, 0.6) is 16.7 Å². The van der Waals surface area contributed by atoms with Gasteiger partial charge in [0, 0.05) is 16.5 Å². The van der Waals surface area contributed by atoms with E-state index in [4.69, 9.17) is 9.47 Å². The minimum atomic E-state index is -0.463. The summed E-state index contributed by atoms with van der Waals surface area (Å²) in [5.74, 6) is 0.418. The topological polar surface area (TPSA) is 68.7 Å². The molecule has 0 radical (unpaired) electrons. The normalized spacial score (nSPS) is 12.1. The molecular weight excluding hydrogens is 350 g/mol. The second kappa shape index (κ2) is 7.27. The zero-order valence-corrected chi connectivity index (χ0v) is 17.3. The molecule has 1 heterocycles. The highest BCUT2D eigenvalue weighted by molar-refractivity contribution is 7.11. The van der Waals surface area contributed by atoms with Crippen LogP contribution < -0.4 is 4.74 Å². The Morgan fingerprint density at radius 2 is 1.65 bits per heavy atom. The molecular formula is C20H27NO4S. The Morgan fingerprint density at radius 1 is 1.12 bits per heavy atom. The maximum Gasteiger partial charge on any atom is 0.357 e. The van der Waals surface area contributed by atoms with Crippen LogP contribution in [0.2, 0.25) is 0 Å². The third-order valence-corrected chi connectivity index (χ3v) is 4.59. The fourth-order valence-electron chi connectivity index (χ4n) is 2.51. The summed E-state index contributed by atoms with van der Waals surface area (Å²) in [7, 11) is 0. The summed E-state index contributed by atoms with van der Waals surface area (Å²) in [6, 6.07) is 3.66. The minimum absolute atomic E-state index is 0.234. The fraction of sp³-hybridized carbons (Fsp3) is 0.500. The summed E-state index contributed by atoms with van der Waals surface area (Å²) in [4.78, 5) is 15.9. The Bertz CT molecular complexity index is 762. The number of phenolic OH excluding ortho intramolecular Hbond substituents is 1. The zero-order valence-electron chi connectivity index (χ0n) is 16.5. The largest absolute Gasteiger partial charge is 0.507 e. The number of rotatable bonds is 4. The number of ether oxygens (including phenoxy) is 2. The lowest BCUT2D eigenvalue weighted by molar-refractivity contribution is 0.0520. The number of benzene rings is 1. The molecule has 2 aromatic rings. The molecule has 142 valence electrons. The standard InChI is InChI=1S/C20H27NO4S/c1-8-24-17(23)15-11-26-18(21-15)25-12-9-13(19(2,3)4)16(22)14(10-12)20(5,6)7/h9-11,22H,8H2,1-7H3. The SMILES string of the molecule is CCOC(=O)c1csc(Oc2cc(C(C)(C)C)c(O)c(C(C)(C)C)c2)n1. The molecule has 0 amide bonds. The van der Waals surface area contributed by atoms with E-state index >= 15 is 0 Å². The molecule has 0 saturated heterocycles. The number of aromatic hydroxyl groups is 1. The lowest BCUT2D eigenvalue weighted by Crippen LogP contribution is -2.17. The van der Waals surface area contributed by atoms with Gasteiger partial charge in [-0.1, -0.05) is 52.9 Å². The van der Waals surface area contributed by atoms with Gasteiger partial charge in [0.25, 0.3) is 5.19 Å². The van der Waals surface area contributed by atoms with Crippen LogP contribution in [0.1, 0.15) is 70.1 Å². The van der Waals surface area contributed by atoms with Gasteiger partial charge < -0.3 is 14.6 Å². The Balaban J connectivity index is 2.42. The van der Waals surface area contributed by atoms with Gasteiger partial charge in [-0.3, -0.25) is 0 Å². The summed E-state index contributed by atoms with van der Waals surface area (Å²) < 4.78 is 10.9. The van der Waals surface area contributed by atoms with E-state index in [1.165, 1.54) is 11.3 Å². The molecule has 0 aliphatic heterocycles. The molecule has 1 aromatic heterocycles. The first kappa shape index (κ1) is 20.2. The van der Waals surface area contributed by atoms with Crippen LogP contribution in [-0.2, 0) is 15.6 Å². The first-order valence-electron chi connectivity index (χ1n) is 8.62. The number of thiazole rings is 1. The fourth-order valence-corrected chi connectivity index (χ4v) is 3.17. The number of esters is 1. The summed E-state index contributed by atoms with van der Waals surface area (Å²) in [6.45, 7) is 14.3. The average Bonchev–Trinajstić information content (AvgIpc) is 2.95. The molecule has 6 heteroatoms. The maximum atomic E-state index is 11.8. The Kier molecular flexibility index (Phi) is 5.66. The molecule has 0 fully saturated rings. The molecule has 2 rings (SSSR count). The molecule has 0 spiro atoms. The highest BCUT2D eigenvalue weighted by atomic mass is 32.1. The summed E-state index contributed by atoms with van der Waals surface area (Å²) in [5, 5.41) is 12.7. The van der Waals surface area contributed by atoms with Crippen LogP contribution in [-0.4, -0.2) is 22.7 Å². The van der Waals surface area contributed by atoms with Gasteiger partial charge >= 0.3 is 5.97 Å². The molecule has 0 aliphatic carbocycles. The van der Waals surface area contributed by atoms with Gasteiger partial charge in [0.05, 0.1) is 6.61 Å². The number of carbonyl (C=O) groups excluding carboxylic acids is 1. The van der Waals surface area contributed by atoms with Crippen molar-refractivity contribution in [1.29, 1.82) is 0 Å². The predicted molar refractivity (Wildman–Crippen MR) is 104 cm³/mol. The van der Waals surface area contributed by atoms with Gasteiger partial charge in [0.15, 0.2) is 5.69 Å². The van der Waals surface area contributed by atoms with Crippen molar-refractivity contribution < 1.29 is 19.4 Å². The molecule has 0 atom stereocenters. The third-order valence-electron chi connectivity index (χ3n) is 3.87. The summed E-state index contributed by atoms with van der Waals surface area (Å²) >= 11 is 1.23. The third kappa shape index (κ3) is 4.55. The van der Waals surface area contributed by atoms with Gasteiger partial charge in [-0.25, -0.2) is 4.79 Å². The van der Waals surface area contributed by atoms with Crippen molar-refractivity contribution in [3.05, 3.63) is 34.3 Å². The van der Waals surface area contributed by atoms with E-state index in [-0.39, 0.29) is 16.5 Å². The lowest BCUT2D eigenvalue weighted by Gasteiger charge is -2.27. The van der Waals surface area contributed by atoms with Crippen LogP contribution in [0.4, 0.5) is 0 Å². The van der Waals surface area contributed by atoms with Crippen molar-refractivity contribution >= 4 is 17.3 Å². The van der Waals surface area contributed by atoms with Crippen LogP contribution >= 0.6 is 11.3 Å². The van der Waals surface area contributed by atoms with Gasteiger partial charge in [-0.15, -0.1) is 0 Å². The quantitative estimate of drug-likeness (QED) is 0.721. The first-order valence-corrected chi connectivity index (χ1v) is 9.50. The first-order chi connectivity index (χ1) is 11.9. The highest BCUT2D eigenvalue weighted by Crippen LogP contribution is 2.42. The number of phenols is 1. The molecule has 1 aromatic carbocycles. The lowest BCUT2D eigenvalue weighted by atomic mass is 9.79. The van der Waals surface area contributed by atoms with Crippen molar-refractivity contribution in [2.75, 3.05) is 6.61 Å². The Labute approximate surface area is 159 Å². The van der Waals surface area contributed by atoms with Gasteiger partial charge in [0.1, 0.15) is 11.5 Å². The van der Waals surface area contributed by atoms with E-state index in [1.807, 2.05) is 53.7 Å². The van der Waals surface area contributed by atoms with E-state index < -0.39 is 5.97 Å². The molecule has 0 bridgehead atoms. The predicted octanol–water partition coefficient (Wildman–Crippen LogP) is 5.41. The second-order valence-corrected chi connectivity index (χ2v) is 9.01. The van der Waals surface area contributed by atoms with Crippen LogP contribution in [0.15, 0.2) is 17.5 Å². The zero-order chi connectivity index (χ0) is 19.7. The monoisotopic (exact) mass is 377 g/mol. The molecule has 1 N–H and O–H groups in total. The van der Waals surface area contributed by atoms with E-state index in [1.54, 1.807) is 12.3 Å². The number of hydrogen-bond acceptors (Lipinski definition) is 6. The molecule has 26 heavy (non-hydrogen) atoms. The number of carbonyl (C=O) groups is 1. The summed E-state index contributed by atoms with van der Waals surface area (Å²) in [6.07, 6.45) is 0. The van der Waals surface area contributed by atoms with Crippen LogP contribution in [0, 0.1) is 0 Å². The van der Waals surface area contributed by atoms with Crippen LogP contribution in [0.3, 0.4) is 0 Å². The van der Waals surface area contributed by atoms with E-state index in [0.717, 1.165) is 11.1 Å². The van der Waals surface area contributed by atoms with Gasteiger partial charge in [0.2, 0.25) is 0 Å². The van der Waals surface area contributed by atoms with Crippen molar-refractivity contribution in [3.63, 3.8) is 0 Å². The van der Waals surface area contributed by atoms with Crippen molar-refractivity contribution in [3.8, 4) is 16.7 Å². The van der Waals surface area contributed by atoms with E-state index in [2.05, 4.69) is 4.98 Å². The van der Waals surface area contributed by atoms with Crippen molar-refractivity contribution in [1.82, 2.24) is 4.98 Å². The van der Waals surface area contributed by atoms with Crippen molar-refractivity contribution in [2.24, 2.45) is 0 Å². The van der Waals surface area contributed by atoms with E-state index in [0.29, 0.717) is 23.3 Å². The second-order valence-electron chi connectivity index (χ2n) is 8.19. The average molecular weight is 378 g/mol. The Morgan fingerprint density at radius 3 is 2.12 bits per heavy atom. The molecule has 0 aliphatic rings. The number of aromatic nitrogens is 1. The Hall–Kier alpha value is -2.08. The smallest absolute Gasteiger partial charge is 0.357 e. The molecule has 0 unspecified atom stereocenters. The van der Waals surface area contributed by atoms with Gasteiger partial charge in [-0.2, -0.15) is 4.98 Å². The molecule has 5 nitrogen and oxygen atoms in total. The minimum Gasteiger partial charge on any atom is -0.507 e. The summed E-state index contributed by atoms with van der Waals surface area (Å²) in [5.41, 5.74) is 1.35.